The zero-order valence-corrected chi connectivity index (χ0v) is 13.4. The number of aromatic amines is 1. The Hall–Kier alpha value is -2.98. The average Bonchev–Trinajstić information content (AvgIpc) is 2.97. The number of fused-ring (bicyclic) bond motifs is 1. The summed E-state index contributed by atoms with van der Waals surface area (Å²) in [6.45, 7) is 0. The first kappa shape index (κ1) is 14.6. The number of hydrogen-bond acceptors (Lipinski definition) is 3. The Bertz CT molecular complexity index is 1010. The molecule has 0 saturated carbocycles. The van der Waals surface area contributed by atoms with Crippen LogP contribution in [0.5, 0.6) is 5.75 Å². The summed E-state index contributed by atoms with van der Waals surface area (Å²) in [6.07, 6.45) is 5.22. The summed E-state index contributed by atoms with van der Waals surface area (Å²) in [4.78, 5) is 7.23. The van der Waals surface area contributed by atoms with Crippen molar-refractivity contribution in [3.05, 3.63) is 72.1 Å². The largest absolute Gasteiger partial charge is 0.508 e. The molecule has 4 nitrogen and oxygen atoms in total. The number of aromatic nitrogens is 2. The SMILES string of the molecule is Oc1cc(Nc2cccnc2)cc(-c2cccc3[nH]cc(Cl)c23)c1. The van der Waals surface area contributed by atoms with Crippen molar-refractivity contribution in [3.8, 4) is 16.9 Å². The highest BCUT2D eigenvalue weighted by molar-refractivity contribution is 6.36. The molecule has 2 heterocycles. The van der Waals surface area contributed by atoms with E-state index >= 15 is 0 Å². The number of H-pyrrole nitrogens is 1. The number of aromatic hydroxyl groups is 1. The Kier molecular flexibility index (Phi) is 3.59. The van der Waals surface area contributed by atoms with Crippen LogP contribution in [0.1, 0.15) is 0 Å². The minimum absolute atomic E-state index is 0.183. The summed E-state index contributed by atoms with van der Waals surface area (Å²) in [6, 6.07) is 15.1. The molecule has 4 rings (SSSR count). The van der Waals surface area contributed by atoms with Crippen LogP contribution >= 0.6 is 11.6 Å². The van der Waals surface area contributed by atoms with Gasteiger partial charge in [0.2, 0.25) is 0 Å². The molecule has 0 unspecified atom stereocenters. The van der Waals surface area contributed by atoms with Crippen molar-refractivity contribution in [3.63, 3.8) is 0 Å². The van der Waals surface area contributed by atoms with Crippen molar-refractivity contribution in [2.24, 2.45) is 0 Å². The van der Waals surface area contributed by atoms with E-state index in [1.54, 1.807) is 30.7 Å². The fourth-order valence-electron chi connectivity index (χ4n) is 2.83. The standard InChI is InChI=1S/C19H14ClN3O/c20-17-11-22-18-5-1-4-16(19(17)18)12-7-14(9-15(24)8-12)23-13-3-2-6-21-10-13/h1-11,22-24H. The number of phenols is 1. The molecule has 4 aromatic rings. The van der Waals surface area contributed by atoms with Crippen LogP contribution in [0.25, 0.3) is 22.0 Å². The van der Waals surface area contributed by atoms with Crippen molar-refractivity contribution >= 4 is 33.9 Å². The maximum absolute atomic E-state index is 10.1. The van der Waals surface area contributed by atoms with Crippen LogP contribution < -0.4 is 5.32 Å². The van der Waals surface area contributed by atoms with Gasteiger partial charge in [-0.3, -0.25) is 4.98 Å². The van der Waals surface area contributed by atoms with Crippen LogP contribution in [0, 0.1) is 0 Å². The minimum Gasteiger partial charge on any atom is -0.508 e. The molecule has 0 bridgehead atoms. The molecule has 0 aliphatic carbocycles. The zero-order chi connectivity index (χ0) is 16.5. The quantitative estimate of drug-likeness (QED) is 0.474. The maximum atomic E-state index is 10.1. The van der Waals surface area contributed by atoms with Gasteiger partial charge in [0.1, 0.15) is 5.75 Å². The Morgan fingerprint density at radius 3 is 2.79 bits per heavy atom. The number of benzene rings is 2. The molecule has 2 aromatic heterocycles. The smallest absolute Gasteiger partial charge is 0.118 e. The molecular weight excluding hydrogens is 322 g/mol. The second kappa shape index (κ2) is 5.91. The Morgan fingerprint density at radius 1 is 1.04 bits per heavy atom. The second-order valence-electron chi connectivity index (χ2n) is 5.50. The third-order valence-electron chi connectivity index (χ3n) is 3.84. The van der Waals surface area contributed by atoms with Gasteiger partial charge in [-0.15, -0.1) is 0 Å². The Morgan fingerprint density at radius 2 is 1.96 bits per heavy atom. The van der Waals surface area contributed by atoms with E-state index in [1.807, 2.05) is 36.4 Å². The molecule has 0 aliphatic heterocycles. The number of phenolic OH excluding ortho intramolecular Hbond substituents is 1. The van der Waals surface area contributed by atoms with Gasteiger partial charge in [0.25, 0.3) is 0 Å². The highest BCUT2D eigenvalue weighted by Crippen LogP contribution is 2.36. The van der Waals surface area contributed by atoms with E-state index in [1.165, 1.54) is 0 Å². The van der Waals surface area contributed by atoms with Gasteiger partial charge in [-0.2, -0.15) is 0 Å². The third kappa shape index (κ3) is 2.68. The molecule has 24 heavy (non-hydrogen) atoms. The van der Waals surface area contributed by atoms with Crippen LogP contribution in [0.4, 0.5) is 11.4 Å². The maximum Gasteiger partial charge on any atom is 0.118 e. The van der Waals surface area contributed by atoms with Crippen LogP contribution in [0.3, 0.4) is 0 Å². The van der Waals surface area contributed by atoms with Gasteiger partial charge < -0.3 is 15.4 Å². The molecule has 0 aliphatic rings. The van der Waals surface area contributed by atoms with Gasteiger partial charge in [0, 0.05) is 35.1 Å². The van der Waals surface area contributed by atoms with Gasteiger partial charge in [-0.05, 0) is 41.5 Å². The first-order valence-electron chi connectivity index (χ1n) is 7.48. The lowest BCUT2D eigenvalue weighted by molar-refractivity contribution is 0.476. The van der Waals surface area contributed by atoms with Gasteiger partial charge in [0.15, 0.2) is 0 Å². The molecule has 0 fully saturated rings. The number of nitrogens with zero attached hydrogens (tertiary/aromatic N) is 1. The van der Waals surface area contributed by atoms with E-state index in [9.17, 15) is 5.11 Å². The molecule has 5 heteroatoms. The molecule has 0 radical (unpaired) electrons. The van der Waals surface area contributed by atoms with Gasteiger partial charge in [-0.25, -0.2) is 0 Å². The van der Waals surface area contributed by atoms with E-state index < -0.39 is 0 Å². The topological polar surface area (TPSA) is 60.9 Å². The molecular formula is C19H14ClN3O. The minimum atomic E-state index is 0.183. The summed E-state index contributed by atoms with van der Waals surface area (Å²) in [5.41, 5.74) is 4.44. The molecule has 0 spiro atoms. The Balaban J connectivity index is 1.82. The highest BCUT2D eigenvalue weighted by atomic mass is 35.5. The van der Waals surface area contributed by atoms with E-state index in [2.05, 4.69) is 15.3 Å². The lowest BCUT2D eigenvalue weighted by atomic mass is 10.0. The first-order chi connectivity index (χ1) is 11.7. The number of hydrogen-bond donors (Lipinski definition) is 3. The van der Waals surface area contributed by atoms with Crippen molar-refractivity contribution in [1.29, 1.82) is 0 Å². The number of halogens is 1. The van der Waals surface area contributed by atoms with Crippen LogP contribution in [0.15, 0.2) is 67.1 Å². The number of anilines is 2. The molecule has 118 valence electrons. The van der Waals surface area contributed by atoms with Crippen molar-refractivity contribution < 1.29 is 5.11 Å². The first-order valence-corrected chi connectivity index (χ1v) is 7.85. The second-order valence-corrected chi connectivity index (χ2v) is 5.91. The summed E-state index contributed by atoms with van der Waals surface area (Å²) in [7, 11) is 0. The lowest BCUT2D eigenvalue weighted by Gasteiger charge is -2.11. The lowest BCUT2D eigenvalue weighted by Crippen LogP contribution is -1.91. The summed E-state index contributed by atoms with van der Waals surface area (Å²) >= 11 is 6.32. The Labute approximate surface area is 143 Å². The van der Waals surface area contributed by atoms with Crippen LogP contribution in [-0.4, -0.2) is 15.1 Å². The number of pyridine rings is 1. The van der Waals surface area contributed by atoms with Gasteiger partial charge >= 0.3 is 0 Å². The van der Waals surface area contributed by atoms with Gasteiger partial charge in [0.05, 0.1) is 16.9 Å². The van der Waals surface area contributed by atoms with E-state index in [0.717, 1.165) is 33.4 Å². The van der Waals surface area contributed by atoms with Crippen LogP contribution in [-0.2, 0) is 0 Å². The predicted octanol–water partition coefficient (Wildman–Crippen LogP) is 5.33. The number of nitrogens with one attached hydrogen (secondary N) is 2. The van der Waals surface area contributed by atoms with E-state index in [-0.39, 0.29) is 5.75 Å². The normalized spacial score (nSPS) is 10.9. The summed E-state index contributed by atoms with van der Waals surface area (Å²) in [5.74, 6) is 0.183. The average molecular weight is 336 g/mol. The fraction of sp³-hybridized carbons (Fsp3) is 0. The highest BCUT2D eigenvalue weighted by Gasteiger charge is 2.10. The molecule has 0 saturated heterocycles. The summed E-state index contributed by atoms with van der Waals surface area (Å²) < 4.78 is 0. The molecule has 2 aromatic carbocycles. The van der Waals surface area contributed by atoms with Crippen molar-refractivity contribution in [1.82, 2.24) is 9.97 Å². The number of rotatable bonds is 3. The van der Waals surface area contributed by atoms with E-state index in [4.69, 9.17) is 11.6 Å². The zero-order valence-electron chi connectivity index (χ0n) is 12.6. The summed E-state index contributed by atoms with van der Waals surface area (Å²) in [5, 5.41) is 15.0. The van der Waals surface area contributed by atoms with Crippen molar-refractivity contribution in [2.75, 3.05) is 5.32 Å². The molecule has 3 N–H and O–H groups in total. The van der Waals surface area contributed by atoms with Crippen molar-refractivity contribution in [2.45, 2.75) is 0 Å². The monoisotopic (exact) mass is 335 g/mol. The predicted molar refractivity (Wildman–Crippen MR) is 97.9 cm³/mol. The van der Waals surface area contributed by atoms with Gasteiger partial charge in [-0.1, -0.05) is 23.7 Å². The van der Waals surface area contributed by atoms with E-state index in [0.29, 0.717) is 5.02 Å². The van der Waals surface area contributed by atoms with Crippen LogP contribution in [0.2, 0.25) is 5.02 Å². The third-order valence-corrected chi connectivity index (χ3v) is 4.13. The molecule has 0 amide bonds. The fourth-order valence-corrected chi connectivity index (χ4v) is 3.08. The molecule has 0 atom stereocenters.